The van der Waals surface area contributed by atoms with Gasteiger partial charge < -0.3 is 14.8 Å². The summed E-state index contributed by atoms with van der Waals surface area (Å²) in [6.07, 6.45) is 0.814. The van der Waals surface area contributed by atoms with E-state index >= 15 is 0 Å². The van der Waals surface area contributed by atoms with E-state index in [2.05, 4.69) is 22.8 Å². The highest BCUT2D eigenvalue weighted by Gasteiger charge is 2.18. The first-order valence-corrected chi connectivity index (χ1v) is 11.8. The lowest BCUT2D eigenvalue weighted by atomic mass is 10.2. The summed E-state index contributed by atoms with van der Waals surface area (Å²) in [6.45, 7) is 0.559. The molecule has 0 spiro atoms. The number of hydrogen-bond donors (Lipinski definition) is 2. The summed E-state index contributed by atoms with van der Waals surface area (Å²) in [4.78, 5) is 13.2. The Bertz CT molecular complexity index is 1290. The Morgan fingerprint density at radius 3 is 2.64 bits per heavy atom. The number of thiophene rings is 1. The molecule has 0 fully saturated rings. The van der Waals surface area contributed by atoms with E-state index in [1.54, 1.807) is 7.11 Å². The predicted molar refractivity (Wildman–Crippen MR) is 139 cm³/mol. The maximum absolute atomic E-state index is 12.8. The molecule has 0 saturated carbocycles. The second-order valence-corrected chi connectivity index (χ2v) is 8.97. The van der Waals surface area contributed by atoms with Gasteiger partial charge in [0.15, 0.2) is 5.11 Å². The summed E-state index contributed by atoms with van der Waals surface area (Å²) in [6, 6.07) is 23.1. The Hall–Kier alpha value is -3.13. The van der Waals surface area contributed by atoms with Crippen molar-refractivity contribution in [2.24, 2.45) is 0 Å². The van der Waals surface area contributed by atoms with Crippen LogP contribution in [0.3, 0.4) is 0 Å². The van der Waals surface area contributed by atoms with Crippen molar-refractivity contribution in [3.63, 3.8) is 0 Å². The lowest BCUT2D eigenvalue weighted by Crippen LogP contribution is -2.33. The van der Waals surface area contributed by atoms with Gasteiger partial charge in [0.2, 0.25) is 0 Å². The molecule has 4 aromatic rings. The molecule has 4 rings (SSSR count). The number of carbonyl (C=O) groups is 1. The number of rotatable bonds is 7. The zero-order valence-electron chi connectivity index (χ0n) is 17.8. The van der Waals surface area contributed by atoms with Gasteiger partial charge in [0.25, 0.3) is 5.91 Å². The van der Waals surface area contributed by atoms with Gasteiger partial charge in [0.1, 0.15) is 16.4 Å². The molecule has 0 bridgehead atoms. The Morgan fingerprint density at radius 2 is 1.85 bits per heavy atom. The van der Waals surface area contributed by atoms with Crippen molar-refractivity contribution in [3.8, 4) is 11.5 Å². The highest BCUT2D eigenvalue weighted by Crippen LogP contribution is 2.37. The SMILES string of the molecule is COc1ccc2c(Cl)c(C(=O)NC(=S)Nc3cccc(OCCc4ccccc4)c3)sc2c1. The average molecular weight is 497 g/mol. The van der Waals surface area contributed by atoms with Crippen LogP contribution in [0.15, 0.2) is 72.8 Å². The number of hydrogen-bond acceptors (Lipinski definition) is 5. The number of carbonyl (C=O) groups excluding carboxylic acids is 1. The van der Waals surface area contributed by atoms with Gasteiger partial charge >= 0.3 is 0 Å². The van der Waals surface area contributed by atoms with Crippen molar-refractivity contribution in [1.29, 1.82) is 0 Å². The average Bonchev–Trinajstić information content (AvgIpc) is 3.15. The molecule has 0 saturated heterocycles. The van der Waals surface area contributed by atoms with Crippen LogP contribution >= 0.6 is 35.2 Å². The van der Waals surface area contributed by atoms with E-state index in [4.69, 9.17) is 33.3 Å². The van der Waals surface area contributed by atoms with Crippen molar-refractivity contribution in [2.75, 3.05) is 19.0 Å². The molecule has 1 heterocycles. The van der Waals surface area contributed by atoms with Crippen LogP contribution in [0.4, 0.5) is 5.69 Å². The smallest absolute Gasteiger partial charge is 0.269 e. The number of ether oxygens (including phenoxy) is 2. The largest absolute Gasteiger partial charge is 0.497 e. The molecule has 2 N–H and O–H groups in total. The number of thiocarbonyl (C=S) groups is 1. The van der Waals surface area contributed by atoms with Gasteiger partial charge in [0.05, 0.1) is 18.7 Å². The minimum absolute atomic E-state index is 0.174. The van der Waals surface area contributed by atoms with E-state index in [1.807, 2.05) is 60.7 Å². The van der Waals surface area contributed by atoms with E-state index < -0.39 is 0 Å². The highest BCUT2D eigenvalue weighted by atomic mass is 35.5. The van der Waals surface area contributed by atoms with Crippen molar-refractivity contribution in [1.82, 2.24) is 5.32 Å². The van der Waals surface area contributed by atoms with Crippen LogP contribution in [0.25, 0.3) is 10.1 Å². The predicted octanol–water partition coefficient (Wildman–Crippen LogP) is 6.31. The van der Waals surface area contributed by atoms with Gasteiger partial charge in [-0.3, -0.25) is 10.1 Å². The highest BCUT2D eigenvalue weighted by molar-refractivity contribution is 7.80. The van der Waals surface area contributed by atoms with Crippen molar-refractivity contribution in [2.45, 2.75) is 6.42 Å². The van der Waals surface area contributed by atoms with Gasteiger partial charge in [-0.1, -0.05) is 48.0 Å². The molecule has 168 valence electrons. The number of anilines is 1. The van der Waals surface area contributed by atoms with E-state index in [0.29, 0.717) is 33.7 Å². The summed E-state index contributed by atoms with van der Waals surface area (Å²) in [5.41, 5.74) is 1.93. The fourth-order valence-corrected chi connectivity index (χ4v) is 4.89. The van der Waals surface area contributed by atoms with Crippen molar-refractivity contribution < 1.29 is 14.3 Å². The Labute approximate surface area is 206 Å². The molecule has 0 atom stereocenters. The van der Waals surface area contributed by atoms with E-state index in [-0.39, 0.29) is 11.0 Å². The molecule has 0 radical (unpaired) electrons. The molecule has 0 aliphatic rings. The Kier molecular flexibility index (Phi) is 7.44. The first kappa shape index (κ1) is 23.0. The fourth-order valence-electron chi connectivity index (χ4n) is 3.24. The quantitative estimate of drug-likeness (QED) is 0.293. The van der Waals surface area contributed by atoms with Gasteiger partial charge in [-0.2, -0.15) is 0 Å². The van der Waals surface area contributed by atoms with Crippen LogP contribution in [0.1, 0.15) is 15.2 Å². The molecule has 1 amide bonds. The lowest BCUT2D eigenvalue weighted by Gasteiger charge is -2.11. The zero-order valence-corrected chi connectivity index (χ0v) is 20.2. The normalized spacial score (nSPS) is 10.6. The van der Waals surface area contributed by atoms with Crippen LogP contribution < -0.4 is 20.1 Å². The van der Waals surface area contributed by atoms with Crippen molar-refractivity contribution >= 4 is 61.9 Å². The van der Waals surface area contributed by atoms with Crippen molar-refractivity contribution in [3.05, 3.63) is 88.3 Å². The molecule has 1 aromatic heterocycles. The molecule has 3 aromatic carbocycles. The third-order valence-electron chi connectivity index (χ3n) is 4.86. The second-order valence-electron chi connectivity index (χ2n) is 7.13. The summed E-state index contributed by atoms with van der Waals surface area (Å²) in [7, 11) is 1.59. The second kappa shape index (κ2) is 10.7. The zero-order chi connectivity index (χ0) is 23.2. The van der Waals surface area contributed by atoms with Crippen LogP contribution in [0.2, 0.25) is 5.02 Å². The number of amides is 1. The van der Waals surface area contributed by atoms with Gasteiger partial charge in [-0.15, -0.1) is 11.3 Å². The number of nitrogens with one attached hydrogen (secondary N) is 2. The molecular weight excluding hydrogens is 476 g/mol. The third kappa shape index (κ3) is 5.82. The van der Waals surface area contributed by atoms with E-state index in [1.165, 1.54) is 16.9 Å². The Morgan fingerprint density at radius 1 is 1.03 bits per heavy atom. The van der Waals surface area contributed by atoms with E-state index in [9.17, 15) is 4.79 Å². The molecule has 33 heavy (non-hydrogen) atoms. The minimum atomic E-state index is -0.368. The maximum Gasteiger partial charge on any atom is 0.269 e. The molecule has 8 heteroatoms. The van der Waals surface area contributed by atoms with Crippen LogP contribution in [0, 0.1) is 0 Å². The van der Waals surface area contributed by atoms with Gasteiger partial charge in [-0.25, -0.2) is 0 Å². The molecular formula is C25H21ClN2O3S2. The Balaban J connectivity index is 1.35. The lowest BCUT2D eigenvalue weighted by molar-refractivity contribution is 0.0982. The summed E-state index contributed by atoms with van der Waals surface area (Å²) in [5, 5.41) is 7.08. The molecule has 5 nitrogen and oxygen atoms in total. The fraction of sp³-hybridized carbons (Fsp3) is 0.120. The maximum atomic E-state index is 12.8. The summed E-state index contributed by atoms with van der Waals surface area (Å²) >= 11 is 13.0. The molecule has 0 aliphatic carbocycles. The topological polar surface area (TPSA) is 59.6 Å². The molecule has 0 aliphatic heterocycles. The van der Waals surface area contributed by atoms with Gasteiger partial charge in [-0.05, 0) is 48.1 Å². The van der Waals surface area contributed by atoms with Crippen LogP contribution in [-0.4, -0.2) is 24.7 Å². The monoisotopic (exact) mass is 496 g/mol. The number of halogens is 1. The van der Waals surface area contributed by atoms with Gasteiger partial charge in [0, 0.05) is 28.3 Å². The van der Waals surface area contributed by atoms with Crippen LogP contribution in [0.5, 0.6) is 11.5 Å². The summed E-state index contributed by atoms with van der Waals surface area (Å²) < 4.78 is 12.0. The first-order valence-electron chi connectivity index (χ1n) is 10.2. The first-order chi connectivity index (χ1) is 16.0. The standard InChI is InChI=1S/C25H21ClN2O3S2/c1-30-18-10-11-20-21(15-18)33-23(22(20)26)24(29)28-25(32)27-17-8-5-9-19(14-17)31-13-12-16-6-3-2-4-7-16/h2-11,14-15H,12-13H2,1H3,(H2,27,28,29,32). The van der Waals surface area contributed by atoms with Crippen LogP contribution in [-0.2, 0) is 6.42 Å². The third-order valence-corrected chi connectivity index (χ3v) is 6.72. The summed E-state index contributed by atoms with van der Waals surface area (Å²) in [5.74, 6) is 1.05. The minimum Gasteiger partial charge on any atom is -0.497 e. The number of benzene rings is 3. The number of fused-ring (bicyclic) bond motifs is 1. The van der Waals surface area contributed by atoms with E-state index in [0.717, 1.165) is 16.5 Å². The molecule has 0 unspecified atom stereocenters. The number of methoxy groups -OCH3 is 1.